The minimum Gasteiger partial charge on any atom is -0.306 e. The first-order chi connectivity index (χ1) is 9.79. The maximum absolute atomic E-state index is 4.41. The fraction of sp³-hybridized carbons (Fsp3) is 0.471. The maximum Gasteiger partial charge on any atom is 0.0798 e. The van der Waals surface area contributed by atoms with Gasteiger partial charge in [-0.3, -0.25) is 0 Å². The van der Waals surface area contributed by atoms with Crippen LogP contribution in [-0.2, 0) is 0 Å². The first kappa shape index (κ1) is 13.8. The third-order valence-electron chi connectivity index (χ3n) is 4.27. The first-order valence-corrected chi connectivity index (χ1v) is 8.40. The third kappa shape index (κ3) is 2.65. The SMILES string of the molecule is CCNC(c1cccc(C2CCC2)c1)c1scnc1C. The molecule has 0 radical (unpaired) electrons. The monoisotopic (exact) mass is 286 g/mol. The number of nitrogens with one attached hydrogen (secondary N) is 1. The average molecular weight is 286 g/mol. The van der Waals surface area contributed by atoms with E-state index in [1.807, 2.05) is 5.51 Å². The van der Waals surface area contributed by atoms with Crippen molar-refractivity contribution in [2.24, 2.45) is 0 Å². The molecular formula is C17H22N2S. The number of rotatable bonds is 5. The van der Waals surface area contributed by atoms with E-state index in [9.17, 15) is 0 Å². The van der Waals surface area contributed by atoms with Gasteiger partial charge in [0.05, 0.1) is 17.2 Å². The summed E-state index contributed by atoms with van der Waals surface area (Å²) in [5.74, 6) is 0.791. The predicted molar refractivity (Wildman–Crippen MR) is 85.4 cm³/mol. The molecule has 0 amide bonds. The number of nitrogens with zero attached hydrogens (tertiary/aromatic N) is 1. The van der Waals surface area contributed by atoms with Crippen molar-refractivity contribution in [1.82, 2.24) is 10.3 Å². The highest BCUT2D eigenvalue weighted by Gasteiger charge is 2.22. The largest absolute Gasteiger partial charge is 0.306 e. The molecule has 1 atom stereocenters. The van der Waals surface area contributed by atoms with E-state index in [1.165, 1.54) is 35.3 Å². The summed E-state index contributed by atoms with van der Waals surface area (Å²) in [5.41, 5.74) is 5.99. The van der Waals surface area contributed by atoms with Gasteiger partial charge < -0.3 is 5.32 Å². The van der Waals surface area contributed by atoms with Crippen molar-refractivity contribution in [1.29, 1.82) is 0 Å². The van der Waals surface area contributed by atoms with E-state index in [2.05, 4.69) is 48.4 Å². The van der Waals surface area contributed by atoms with Crippen LogP contribution in [-0.4, -0.2) is 11.5 Å². The van der Waals surface area contributed by atoms with Gasteiger partial charge in [0.25, 0.3) is 0 Å². The van der Waals surface area contributed by atoms with Crippen molar-refractivity contribution < 1.29 is 0 Å². The molecule has 1 fully saturated rings. The van der Waals surface area contributed by atoms with E-state index in [4.69, 9.17) is 0 Å². The smallest absolute Gasteiger partial charge is 0.0798 e. The second-order valence-electron chi connectivity index (χ2n) is 5.59. The van der Waals surface area contributed by atoms with E-state index in [-0.39, 0.29) is 6.04 Å². The van der Waals surface area contributed by atoms with Crippen molar-refractivity contribution in [3.8, 4) is 0 Å². The first-order valence-electron chi connectivity index (χ1n) is 7.52. The van der Waals surface area contributed by atoms with E-state index >= 15 is 0 Å². The Bertz CT molecular complexity index is 572. The summed E-state index contributed by atoms with van der Waals surface area (Å²) in [4.78, 5) is 5.75. The van der Waals surface area contributed by atoms with Crippen molar-refractivity contribution >= 4 is 11.3 Å². The van der Waals surface area contributed by atoms with Gasteiger partial charge in [0, 0.05) is 4.88 Å². The van der Waals surface area contributed by atoms with Crippen molar-refractivity contribution in [3.05, 3.63) is 51.5 Å². The molecule has 1 aliphatic rings. The van der Waals surface area contributed by atoms with E-state index in [1.54, 1.807) is 11.3 Å². The Kier molecular flexibility index (Phi) is 4.18. The van der Waals surface area contributed by atoms with Crippen molar-refractivity contribution in [3.63, 3.8) is 0 Å². The molecule has 106 valence electrons. The van der Waals surface area contributed by atoms with Crippen LogP contribution in [0.2, 0.25) is 0 Å². The highest BCUT2D eigenvalue weighted by atomic mass is 32.1. The van der Waals surface area contributed by atoms with Gasteiger partial charge in [-0.15, -0.1) is 11.3 Å². The van der Waals surface area contributed by atoms with Crippen LogP contribution in [0.3, 0.4) is 0 Å². The van der Waals surface area contributed by atoms with Crippen LogP contribution in [0.15, 0.2) is 29.8 Å². The lowest BCUT2D eigenvalue weighted by Crippen LogP contribution is -2.22. The van der Waals surface area contributed by atoms with Gasteiger partial charge in [-0.1, -0.05) is 37.6 Å². The van der Waals surface area contributed by atoms with Crippen LogP contribution >= 0.6 is 11.3 Å². The highest BCUT2D eigenvalue weighted by Crippen LogP contribution is 2.38. The maximum atomic E-state index is 4.41. The number of aromatic nitrogens is 1. The van der Waals surface area contributed by atoms with Crippen molar-refractivity contribution in [2.75, 3.05) is 6.54 Å². The highest BCUT2D eigenvalue weighted by molar-refractivity contribution is 7.09. The third-order valence-corrected chi connectivity index (χ3v) is 5.27. The Morgan fingerprint density at radius 3 is 2.85 bits per heavy atom. The van der Waals surface area contributed by atoms with E-state index in [0.29, 0.717) is 0 Å². The molecule has 20 heavy (non-hydrogen) atoms. The average Bonchev–Trinajstić information content (AvgIpc) is 2.80. The molecule has 1 aromatic carbocycles. The fourth-order valence-electron chi connectivity index (χ4n) is 2.89. The minimum atomic E-state index is 0.285. The van der Waals surface area contributed by atoms with Crippen LogP contribution < -0.4 is 5.32 Å². The molecule has 1 saturated carbocycles. The molecule has 1 heterocycles. The summed E-state index contributed by atoms with van der Waals surface area (Å²) in [6.07, 6.45) is 4.10. The zero-order valence-electron chi connectivity index (χ0n) is 12.2. The summed E-state index contributed by atoms with van der Waals surface area (Å²) in [5, 5.41) is 3.61. The number of hydrogen-bond acceptors (Lipinski definition) is 3. The number of hydrogen-bond donors (Lipinski definition) is 1. The Hall–Kier alpha value is -1.19. The molecule has 1 unspecified atom stereocenters. The molecule has 0 saturated heterocycles. The molecule has 1 aromatic heterocycles. The molecular weight excluding hydrogens is 264 g/mol. The Labute approximate surface area is 125 Å². The standard InChI is InChI=1S/C17H22N2S/c1-3-18-16(17-12(2)19-11-20-17)15-9-5-8-14(10-15)13-6-4-7-13/h5,8-11,13,16,18H,3-4,6-7H2,1-2H3. The van der Waals surface area contributed by atoms with Crippen LogP contribution in [0, 0.1) is 6.92 Å². The second kappa shape index (κ2) is 6.06. The molecule has 3 rings (SSSR count). The lowest BCUT2D eigenvalue weighted by molar-refractivity contribution is 0.419. The van der Waals surface area contributed by atoms with Crippen LogP contribution in [0.5, 0.6) is 0 Å². The summed E-state index contributed by atoms with van der Waals surface area (Å²) < 4.78 is 0. The van der Waals surface area contributed by atoms with Gasteiger partial charge >= 0.3 is 0 Å². The lowest BCUT2D eigenvalue weighted by atomic mass is 9.79. The fourth-order valence-corrected chi connectivity index (χ4v) is 3.79. The van der Waals surface area contributed by atoms with Gasteiger partial charge in [0.1, 0.15) is 0 Å². The van der Waals surface area contributed by atoms with Crippen molar-refractivity contribution in [2.45, 2.75) is 45.1 Å². The molecule has 0 aliphatic heterocycles. The molecule has 2 aromatic rings. The van der Waals surface area contributed by atoms with Crippen LogP contribution in [0.1, 0.15) is 59.8 Å². The lowest BCUT2D eigenvalue weighted by Gasteiger charge is -2.27. The summed E-state index contributed by atoms with van der Waals surface area (Å²) in [6, 6.07) is 9.43. The predicted octanol–water partition coefficient (Wildman–Crippen LogP) is 4.42. The molecule has 2 nitrogen and oxygen atoms in total. The van der Waals surface area contributed by atoms with E-state index in [0.717, 1.165) is 18.2 Å². The summed E-state index contributed by atoms with van der Waals surface area (Å²) in [6.45, 7) is 5.24. The summed E-state index contributed by atoms with van der Waals surface area (Å²) >= 11 is 1.75. The molecule has 0 bridgehead atoms. The van der Waals surface area contributed by atoms with E-state index < -0.39 is 0 Å². The molecule has 3 heteroatoms. The normalized spacial score (nSPS) is 16.9. The van der Waals surface area contributed by atoms with Gasteiger partial charge in [-0.25, -0.2) is 4.98 Å². The minimum absolute atomic E-state index is 0.285. The second-order valence-corrected chi connectivity index (χ2v) is 6.48. The summed E-state index contributed by atoms with van der Waals surface area (Å²) in [7, 11) is 0. The topological polar surface area (TPSA) is 24.9 Å². The number of aryl methyl sites for hydroxylation is 1. The van der Waals surface area contributed by atoms with Gasteiger partial charge in [-0.2, -0.15) is 0 Å². The Morgan fingerprint density at radius 1 is 1.40 bits per heavy atom. The number of benzene rings is 1. The van der Waals surface area contributed by atoms with Gasteiger partial charge in [-0.05, 0) is 43.4 Å². The number of thiazole rings is 1. The van der Waals surface area contributed by atoms with Crippen LogP contribution in [0.25, 0.3) is 0 Å². The molecule has 1 aliphatic carbocycles. The van der Waals surface area contributed by atoms with Gasteiger partial charge in [0.15, 0.2) is 0 Å². The quantitative estimate of drug-likeness (QED) is 0.880. The zero-order valence-corrected chi connectivity index (χ0v) is 13.0. The Morgan fingerprint density at radius 2 is 2.25 bits per heavy atom. The Balaban J connectivity index is 1.93. The zero-order chi connectivity index (χ0) is 13.9. The van der Waals surface area contributed by atoms with Gasteiger partial charge in [0.2, 0.25) is 0 Å². The molecule has 0 spiro atoms. The van der Waals surface area contributed by atoms with Crippen LogP contribution in [0.4, 0.5) is 0 Å². The molecule has 1 N–H and O–H groups in total.